The number of carboxylic acids is 1. The van der Waals surface area contributed by atoms with Crippen molar-refractivity contribution in [3.8, 4) is 0 Å². The number of alkyl halides is 3. The van der Waals surface area contributed by atoms with E-state index in [1.807, 2.05) is 18.2 Å². The van der Waals surface area contributed by atoms with Crippen LogP contribution in [0.1, 0.15) is 209 Å². The number of hydrogen-bond donors (Lipinski definition) is 7. The number of carboxylic acid groups (broad SMARTS) is 1. The largest absolute Gasteiger partial charge is 2.00 e. The van der Waals surface area contributed by atoms with Gasteiger partial charge in [0, 0.05) is 104 Å². The summed E-state index contributed by atoms with van der Waals surface area (Å²) in [5.74, 6) is -5.32. The molecule has 4 saturated carbocycles. The molecule has 4 aliphatic carbocycles. The quantitative estimate of drug-likeness (QED) is 0.0338. The number of ether oxygens (including phenoxy) is 2. The summed E-state index contributed by atoms with van der Waals surface area (Å²) in [6, 6.07) is 12.4. The van der Waals surface area contributed by atoms with Crippen LogP contribution in [0.4, 0.5) is 24.5 Å². The van der Waals surface area contributed by atoms with Crippen molar-refractivity contribution in [3.05, 3.63) is 64.0 Å². The number of nitrogens with one attached hydrogen (secondary N) is 3. The number of likely N-dealkylation sites (tertiary alicyclic amines) is 3. The molecule has 3 unspecified atom stereocenters. The average Bonchev–Trinajstić information content (AvgIpc) is 0.750. The van der Waals surface area contributed by atoms with Crippen LogP contribution in [0, 0.1) is 24.2 Å². The molecule has 29 heteroatoms. The summed E-state index contributed by atoms with van der Waals surface area (Å²) in [7, 11) is 6.80. The third kappa shape index (κ3) is 28.9. The fraction of sp³-hybridized carbons (Fsp3) is 0.730. The third-order valence-electron chi connectivity index (χ3n) is 20.6. The monoisotopic (exact) mass is 1590 g/mol. The molecule has 4 saturated heterocycles. The number of amides is 3. The zero-order valence-corrected chi connectivity index (χ0v) is 67.5. The summed E-state index contributed by atoms with van der Waals surface area (Å²) in [4.78, 5) is 88.6. The van der Waals surface area contributed by atoms with Gasteiger partial charge in [0.25, 0.3) is 17.7 Å². The van der Waals surface area contributed by atoms with Crippen LogP contribution in [0.2, 0.25) is 10.0 Å². The van der Waals surface area contributed by atoms with E-state index in [0.29, 0.717) is 59.5 Å². The van der Waals surface area contributed by atoms with Crippen LogP contribution < -0.4 is 32.9 Å². The number of carbonyl (C=O) groups is 7. The second-order valence-corrected chi connectivity index (χ2v) is 29.5. The molecule has 2 aromatic rings. The van der Waals surface area contributed by atoms with E-state index in [-0.39, 0.29) is 121 Å². The number of aliphatic carboxylic acids is 1. The summed E-state index contributed by atoms with van der Waals surface area (Å²) in [6.07, 6.45) is 20.9. The Balaban J connectivity index is 0.000000466. The van der Waals surface area contributed by atoms with Crippen molar-refractivity contribution >= 4 is 111 Å². The molecule has 7 N–H and O–H groups in total. The van der Waals surface area contributed by atoms with Crippen LogP contribution in [0.15, 0.2) is 36.4 Å². The Hall–Kier alpha value is -3.80. The molecule has 8 fully saturated rings. The SMILES string of the molecule is CC(O)(C(=O)O)C1CCCCC1.CCOC(=O)C(C)(O)C1CCCCC1.CCOC(=O)C(C)=O.CN(C)C(=O)c1ccc(NC2CN(C3CCN(C(=O)C(O)(C4CCCCC4)C(F)(F)F)CC3)C2)cc1Cl.CN(C)C(=O)c1ccc(NC2CN(C3CCNCC3)C2)cc1Cl.Cl.[Br-].[CH-]1CCCCC1.[Mg+2]. The van der Waals surface area contributed by atoms with Gasteiger partial charge in [0.05, 0.1) is 46.5 Å². The van der Waals surface area contributed by atoms with E-state index in [0.717, 1.165) is 114 Å². The molecule has 4 aliphatic heterocycles. The minimum absolute atomic E-state index is 0. The molecule has 4 heterocycles. The van der Waals surface area contributed by atoms with Gasteiger partial charge in [-0.05, 0) is 153 Å². The van der Waals surface area contributed by atoms with Crippen molar-refractivity contribution < 1.29 is 93.6 Å². The van der Waals surface area contributed by atoms with Crippen molar-refractivity contribution in [2.75, 3.05) is 104 Å². The van der Waals surface area contributed by atoms with Crippen molar-refractivity contribution in [2.45, 2.75) is 236 Å². The summed E-state index contributed by atoms with van der Waals surface area (Å²) in [5, 5.41) is 50.4. The van der Waals surface area contributed by atoms with Crippen LogP contribution in [0.5, 0.6) is 0 Å². The molecular formula is C74H117BrCl3F3MgN8O13. The molecule has 2 aromatic carbocycles. The summed E-state index contributed by atoms with van der Waals surface area (Å²) >= 11 is 12.6. The van der Waals surface area contributed by atoms with Crippen LogP contribution >= 0.6 is 35.6 Å². The molecule has 3 amide bonds. The van der Waals surface area contributed by atoms with E-state index in [9.17, 15) is 62.1 Å². The molecule has 3 atom stereocenters. The van der Waals surface area contributed by atoms with Crippen molar-refractivity contribution in [1.29, 1.82) is 0 Å². The second kappa shape index (κ2) is 46.5. The van der Waals surface area contributed by atoms with Gasteiger partial charge in [-0.15, -0.1) is 12.4 Å². The number of ketones is 1. The standard InChI is InChI=1S/C26H36ClF3N4O3.C17H25ClN4O.C11H20O3.C9H16O3.C6H11.C5H8O3.BrH.ClH.Mg/c1-32(2)23(35)21-9-8-18(14-22(21)27)31-19-15-34(16-19)20-10-12-33(13-11-20)24(36)25(37,26(28,29)30)17-6-4-3-5-7-17;1-21(2)17(23)15-4-3-12(9-16(15)18)20-13-10-22(11-13)14-5-7-19-8-6-14;1-3-14-10(12)11(2,13)9-7-5-4-6-8-9;1-9(12,8(10)11)7-5-3-2-4-6-7;1-2-4-6-5-3-1;1-3-8-5(7)4(2)6;;;/h8-9,14,17,19-20,31,37H,3-7,10-13,15-16H2,1-2H3;3-4,9,13-14,19-20H,5-8,10-11H2,1-2H3;9,13H,3-8H2,1-2H3;7,12H,2-6H2,1H3,(H,10,11);1H,2-6H2;3H2,1-2H3;2*1H;/q;;;;-1;;;;+2/p-1. The molecule has 582 valence electrons. The first-order valence-electron chi connectivity index (χ1n) is 36.4. The van der Waals surface area contributed by atoms with Crippen LogP contribution in [-0.2, 0) is 33.4 Å². The van der Waals surface area contributed by atoms with Gasteiger partial charge in [0.15, 0.2) is 11.2 Å². The summed E-state index contributed by atoms with van der Waals surface area (Å²) < 4.78 is 51.1. The van der Waals surface area contributed by atoms with Gasteiger partial charge in [-0.1, -0.05) is 100 Å². The first kappa shape index (κ1) is 95.3. The molecule has 0 radical (unpaired) electrons. The number of benzene rings is 2. The Kier molecular flexibility index (Phi) is 43.0. The predicted molar refractivity (Wildman–Crippen MR) is 396 cm³/mol. The number of esters is 2. The number of rotatable bonds is 17. The molecule has 0 aromatic heterocycles. The molecule has 21 nitrogen and oxygen atoms in total. The van der Waals surface area contributed by atoms with Gasteiger partial charge < -0.3 is 84.0 Å². The zero-order chi connectivity index (χ0) is 74.0. The van der Waals surface area contributed by atoms with E-state index in [1.54, 1.807) is 67.2 Å². The van der Waals surface area contributed by atoms with Crippen LogP contribution in [-0.4, -0.2) is 250 Å². The van der Waals surface area contributed by atoms with Crippen LogP contribution in [0.3, 0.4) is 0 Å². The Labute approximate surface area is 652 Å². The Morgan fingerprint density at radius 2 is 0.971 bits per heavy atom. The summed E-state index contributed by atoms with van der Waals surface area (Å²) in [5.41, 5.74) is -3.29. The zero-order valence-electron chi connectivity index (χ0n) is 62.2. The van der Waals surface area contributed by atoms with Gasteiger partial charge in [-0.25, -0.2) is 14.4 Å². The molecule has 8 aliphatic rings. The fourth-order valence-corrected chi connectivity index (χ4v) is 14.8. The van der Waals surface area contributed by atoms with E-state index < -0.39 is 58.5 Å². The minimum Gasteiger partial charge on any atom is -1.00 e. The predicted octanol–water partition coefficient (Wildman–Crippen LogP) is 8.51. The fourth-order valence-electron chi connectivity index (χ4n) is 14.3. The van der Waals surface area contributed by atoms with E-state index in [2.05, 4.69) is 36.9 Å². The second-order valence-electron chi connectivity index (χ2n) is 28.7. The molecule has 10 rings (SSSR count). The number of nitrogens with zero attached hydrogens (tertiary/aromatic N) is 5. The first-order chi connectivity index (χ1) is 47.3. The Morgan fingerprint density at radius 3 is 1.29 bits per heavy atom. The van der Waals surface area contributed by atoms with Crippen LogP contribution in [0.25, 0.3) is 0 Å². The number of Topliss-reactive ketones (excluding diaryl/α,β-unsaturated/α-hetero) is 1. The van der Waals surface area contributed by atoms with E-state index in [1.165, 1.54) is 86.3 Å². The van der Waals surface area contributed by atoms with Crippen molar-refractivity contribution in [1.82, 2.24) is 29.8 Å². The molecule has 0 bridgehead atoms. The molecular weight excluding hydrogens is 1480 g/mol. The van der Waals surface area contributed by atoms with Gasteiger partial charge in [0.1, 0.15) is 0 Å². The normalized spacial score (nSPS) is 20.5. The van der Waals surface area contributed by atoms with Gasteiger partial charge in [-0.3, -0.25) is 29.0 Å². The van der Waals surface area contributed by atoms with Gasteiger partial charge >= 0.3 is 47.1 Å². The number of aliphatic hydroxyl groups is 3. The number of halogens is 7. The minimum atomic E-state index is -4.99. The van der Waals surface area contributed by atoms with Crippen molar-refractivity contribution in [3.63, 3.8) is 0 Å². The maximum Gasteiger partial charge on any atom is 2.00 e. The Bertz CT molecular complexity index is 2910. The van der Waals surface area contributed by atoms with E-state index in [4.69, 9.17) is 33.0 Å². The number of hydrogen-bond acceptors (Lipinski definition) is 17. The number of piperidine rings is 2. The average molecular weight is 1590 g/mol. The van der Waals surface area contributed by atoms with Gasteiger partial charge in [0.2, 0.25) is 11.4 Å². The maximum atomic E-state index is 14.0. The Morgan fingerprint density at radius 1 is 0.592 bits per heavy atom. The number of anilines is 2. The first-order valence-corrected chi connectivity index (χ1v) is 37.2. The third-order valence-corrected chi connectivity index (χ3v) is 21.2. The van der Waals surface area contributed by atoms with E-state index >= 15 is 0 Å². The topological polar surface area (TPSA) is 271 Å². The summed E-state index contributed by atoms with van der Waals surface area (Å²) in [6.45, 7) is 14.6. The molecule has 0 spiro atoms. The molecule has 103 heavy (non-hydrogen) atoms. The number of carbonyl (C=O) groups excluding carboxylic acids is 6. The smallest absolute Gasteiger partial charge is 1.00 e. The maximum absolute atomic E-state index is 14.0. The van der Waals surface area contributed by atoms with Gasteiger partial charge in [-0.2, -0.15) is 26.0 Å². The van der Waals surface area contributed by atoms with Crippen molar-refractivity contribution in [2.24, 2.45) is 17.8 Å².